The largest absolute Gasteiger partial charge is 0.381 e. The monoisotopic (exact) mass is 242 g/mol. The molecule has 17 heavy (non-hydrogen) atoms. The first-order valence-electron chi connectivity index (χ1n) is 6.76. The Balaban J connectivity index is 1.75. The van der Waals surface area contributed by atoms with E-state index in [0.29, 0.717) is 6.42 Å². The van der Waals surface area contributed by atoms with E-state index >= 15 is 0 Å². The zero-order valence-electron chi connectivity index (χ0n) is 11.1. The molecular weight excluding hydrogens is 216 g/mol. The predicted molar refractivity (Wildman–Crippen MR) is 68.9 cm³/mol. The van der Waals surface area contributed by atoms with Gasteiger partial charge in [0, 0.05) is 32.2 Å². The lowest BCUT2D eigenvalue weighted by molar-refractivity contribution is -0.121. The van der Waals surface area contributed by atoms with Crippen LogP contribution in [0.15, 0.2) is 0 Å². The van der Waals surface area contributed by atoms with Gasteiger partial charge >= 0.3 is 0 Å². The maximum Gasteiger partial charge on any atom is 0.221 e. The van der Waals surface area contributed by atoms with E-state index in [-0.39, 0.29) is 11.9 Å². The zero-order valence-corrected chi connectivity index (χ0v) is 11.1. The van der Waals surface area contributed by atoms with Gasteiger partial charge in [0.2, 0.25) is 5.91 Å². The highest BCUT2D eigenvalue weighted by Crippen LogP contribution is 2.28. The first kappa shape index (κ1) is 14.5. The summed E-state index contributed by atoms with van der Waals surface area (Å²) in [6.07, 6.45) is 4.28. The van der Waals surface area contributed by atoms with E-state index in [9.17, 15) is 4.79 Å². The lowest BCUT2D eigenvalue weighted by atomic mass is 10.3. The fourth-order valence-electron chi connectivity index (χ4n) is 1.55. The molecule has 0 aromatic rings. The van der Waals surface area contributed by atoms with E-state index in [1.54, 1.807) is 0 Å². The second kappa shape index (κ2) is 8.48. The standard InChI is InChI=1S/C13H26N2O2/c1-11(2)15-13(16)6-8-14-7-3-9-17-10-12-4-5-12/h11-12,14H,3-10H2,1-2H3,(H,15,16). The summed E-state index contributed by atoms with van der Waals surface area (Å²) in [7, 11) is 0. The molecule has 2 N–H and O–H groups in total. The van der Waals surface area contributed by atoms with Gasteiger partial charge < -0.3 is 15.4 Å². The van der Waals surface area contributed by atoms with Crippen molar-refractivity contribution in [3.8, 4) is 0 Å². The lowest BCUT2D eigenvalue weighted by Crippen LogP contribution is -2.32. The van der Waals surface area contributed by atoms with Gasteiger partial charge in [-0.25, -0.2) is 0 Å². The minimum Gasteiger partial charge on any atom is -0.381 e. The summed E-state index contributed by atoms with van der Waals surface area (Å²) in [6, 6.07) is 0.235. The van der Waals surface area contributed by atoms with Crippen LogP contribution in [0.3, 0.4) is 0 Å². The summed E-state index contributed by atoms with van der Waals surface area (Å²) >= 11 is 0. The minimum atomic E-state index is 0.123. The van der Waals surface area contributed by atoms with Crippen molar-refractivity contribution in [1.29, 1.82) is 0 Å². The molecule has 4 heteroatoms. The number of ether oxygens (including phenoxy) is 1. The zero-order chi connectivity index (χ0) is 12.5. The second-order valence-corrected chi connectivity index (χ2v) is 5.09. The van der Waals surface area contributed by atoms with Gasteiger partial charge in [0.1, 0.15) is 0 Å². The molecular formula is C13H26N2O2. The van der Waals surface area contributed by atoms with Crippen molar-refractivity contribution in [1.82, 2.24) is 10.6 Å². The number of nitrogens with one attached hydrogen (secondary N) is 2. The molecule has 0 bridgehead atoms. The molecule has 4 nitrogen and oxygen atoms in total. The predicted octanol–water partition coefficient (Wildman–Crippen LogP) is 1.31. The summed E-state index contributed by atoms with van der Waals surface area (Å²) in [4.78, 5) is 11.3. The Labute approximate surface area is 104 Å². The number of hydrogen-bond acceptors (Lipinski definition) is 3. The Hall–Kier alpha value is -0.610. The Morgan fingerprint density at radius 1 is 1.35 bits per heavy atom. The molecule has 0 aromatic heterocycles. The van der Waals surface area contributed by atoms with Crippen molar-refractivity contribution in [2.24, 2.45) is 5.92 Å². The number of amides is 1. The van der Waals surface area contributed by atoms with Crippen molar-refractivity contribution in [3.05, 3.63) is 0 Å². The normalized spacial score (nSPS) is 15.2. The smallest absolute Gasteiger partial charge is 0.221 e. The van der Waals surface area contributed by atoms with Gasteiger partial charge in [-0.1, -0.05) is 0 Å². The fourth-order valence-corrected chi connectivity index (χ4v) is 1.55. The molecule has 1 fully saturated rings. The molecule has 0 saturated heterocycles. The van der Waals surface area contributed by atoms with Gasteiger partial charge in [0.05, 0.1) is 0 Å². The van der Waals surface area contributed by atoms with Crippen LogP contribution in [-0.2, 0) is 9.53 Å². The fraction of sp³-hybridized carbons (Fsp3) is 0.923. The molecule has 0 spiro atoms. The van der Waals surface area contributed by atoms with Crippen molar-refractivity contribution in [3.63, 3.8) is 0 Å². The molecule has 1 aliphatic rings. The van der Waals surface area contributed by atoms with Crippen LogP contribution in [0.2, 0.25) is 0 Å². The average Bonchev–Trinajstić information content (AvgIpc) is 3.04. The highest BCUT2D eigenvalue weighted by atomic mass is 16.5. The molecule has 1 amide bonds. The molecule has 1 saturated carbocycles. The number of hydrogen-bond donors (Lipinski definition) is 2. The molecule has 0 heterocycles. The van der Waals surface area contributed by atoms with Crippen LogP contribution >= 0.6 is 0 Å². The summed E-state index contributed by atoms with van der Waals surface area (Å²) in [6.45, 7) is 7.41. The first-order valence-corrected chi connectivity index (χ1v) is 6.76. The lowest BCUT2D eigenvalue weighted by Gasteiger charge is -2.08. The van der Waals surface area contributed by atoms with Crippen molar-refractivity contribution in [2.75, 3.05) is 26.3 Å². The first-order chi connectivity index (χ1) is 8.18. The van der Waals surface area contributed by atoms with Crippen LogP contribution in [0.25, 0.3) is 0 Å². The van der Waals surface area contributed by atoms with E-state index in [2.05, 4.69) is 10.6 Å². The van der Waals surface area contributed by atoms with Gasteiger partial charge in [-0.05, 0) is 45.6 Å². The summed E-state index contributed by atoms with van der Waals surface area (Å²) < 4.78 is 5.52. The maximum absolute atomic E-state index is 11.3. The van der Waals surface area contributed by atoms with Gasteiger partial charge in [0.15, 0.2) is 0 Å². The highest BCUT2D eigenvalue weighted by molar-refractivity contribution is 5.76. The van der Waals surface area contributed by atoms with Crippen molar-refractivity contribution in [2.45, 2.75) is 45.6 Å². The van der Waals surface area contributed by atoms with Crippen LogP contribution in [0.4, 0.5) is 0 Å². The SMILES string of the molecule is CC(C)NC(=O)CCNCCCOCC1CC1. The van der Waals surface area contributed by atoms with Crippen molar-refractivity contribution >= 4 is 5.91 Å². The van der Waals surface area contributed by atoms with E-state index < -0.39 is 0 Å². The topological polar surface area (TPSA) is 50.4 Å². The molecule has 1 rings (SSSR count). The Kier molecular flexibility index (Phi) is 7.21. The van der Waals surface area contributed by atoms with Gasteiger partial charge in [-0.3, -0.25) is 4.79 Å². The van der Waals surface area contributed by atoms with Crippen LogP contribution < -0.4 is 10.6 Å². The van der Waals surface area contributed by atoms with Gasteiger partial charge in [0.25, 0.3) is 0 Å². The van der Waals surface area contributed by atoms with Crippen LogP contribution in [0, 0.1) is 5.92 Å². The number of carbonyl (C=O) groups is 1. The van der Waals surface area contributed by atoms with Crippen molar-refractivity contribution < 1.29 is 9.53 Å². The van der Waals surface area contributed by atoms with Gasteiger partial charge in [-0.15, -0.1) is 0 Å². The van der Waals surface area contributed by atoms with Crippen LogP contribution in [0.1, 0.15) is 39.5 Å². The summed E-state index contributed by atoms with van der Waals surface area (Å²) in [5, 5.41) is 6.12. The van der Waals surface area contributed by atoms with Gasteiger partial charge in [-0.2, -0.15) is 0 Å². The van der Waals surface area contributed by atoms with E-state index in [1.807, 2.05) is 13.8 Å². The number of carbonyl (C=O) groups excluding carboxylic acids is 1. The van der Waals surface area contributed by atoms with Crippen LogP contribution in [0.5, 0.6) is 0 Å². The Morgan fingerprint density at radius 2 is 2.12 bits per heavy atom. The highest BCUT2D eigenvalue weighted by Gasteiger charge is 2.20. The molecule has 1 aliphatic carbocycles. The molecule has 0 radical (unpaired) electrons. The second-order valence-electron chi connectivity index (χ2n) is 5.09. The third-order valence-electron chi connectivity index (χ3n) is 2.67. The molecule has 0 aliphatic heterocycles. The van der Waals surface area contributed by atoms with E-state index in [1.165, 1.54) is 12.8 Å². The Bertz CT molecular complexity index is 215. The molecule has 0 unspecified atom stereocenters. The maximum atomic E-state index is 11.3. The van der Waals surface area contributed by atoms with E-state index in [4.69, 9.17) is 4.74 Å². The number of rotatable bonds is 10. The average molecular weight is 242 g/mol. The molecule has 0 aromatic carbocycles. The van der Waals surface area contributed by atoms with E-state index in [0.717, 1.165) is 38.6 Å². The summed E-state index contributed by atoms with van der Waals surface area (Å²) in [5.41, 5.74) is 0. The third-order valence-corrected chi connectivity index (χ3v) is 2.67. The quantitative estimate of drug-likeness (QED) is 0.568. The minimum absolute atomic E-state index is 0.123. The molecule has 100 valence electrons. The van der Waals surface area contributed by atoms with Crippen LogP contribution in [-0.4, -0.2) is 38.3 Å². The summed E-state index contributed by atoms with van der Waals surface area (Å²) in [5.74, 6) is 0.972. The molecule has 0 atom stereocenters. The third kappa shape index (κ3) is 9.12. The Morgan fingerprint density at radius 3 is 2.76 bits per heavy atom.